The lowest BCUT2D eigenvalue weighted by Gasteiger charge is -2.18. The minimum absolute atomic E-state index is 0.212. The molecule has 0 saturated carbocycles. The minimum Gasteiger partial charge on any atom is -0.460 e. The van der Waals surface area contributed by atoms with Crippen LogP contribution in [0.15, 0.2) is 70.2 Å². The van der Waals surface area contributed by atoms with Crippen LogP contribution in [-0.2, 0) is 16.0 Å². The number of fused-ring (bicyclic) bond motifs is 1. The number of carbonyl (C=O) groups excluding carboxylic acids is 2. The third kappa shape index (κ3) is 4.35. The Morgan fingerprint density at radius 1 is 1.03 bits per heavy atom. The van der Waals surface area contributed by atoms with Crippen LogP contribution in [0.5, 0.6) is 0 Å². The molecular formula is C26H26N2O4. The lowest BCUT2D eigenvalue weighted by molar-refractivity contribution is -0.121. The van der Waals surface area contributed by atoms with Gasteiger partial charge in [0.15, 0.2) is 0 Å². The van der Waals surface area contributed by atoms with E-state index >= 15 is 0 Å². The number of nitrogens with one attached hydrogen (secondary N) is 1. The molecule has 0 atom stereocenters. The van der Waals surface area contributed by atoms with Gasteiger partial charge in [0.25, 0.3) is 5.91 Å². The SMILES string of the molecule is CCOC(=O)c1oc2c(c1C)/C(=N/NC(=O)C(c1ccccc1)c1ccccc1)CCC2. The van der Waals surface area contributed by atoms with Crippen molar-refractivity contribution in [2.45, 2.75) is 39.0 Å². The molecule has 32 heavy (non-hydrogen) atoms. The van der Waals surface area contributed by atoms with Gasteiger partial charge in [-0.05, 0) is 37.8 Å². The van der Waals surface area contributed by atoms with Crippen LogP contribution < -0.4 is 5.43 Å². The molecule has 3 aromatic rings. The number of amides is 1. The summed E-state index contributed by atoms with van der Waals surface area (Å²) in [6.07, 6.45) is 2.24. The smallest absolute Gasteiger partial charge is 0.374 e. The highest BCUT2D eigenvalue weighted by Crippen LogP contribution is 2.30. The fourth-order valence-electron chi connectivity index (χ4n) is 4.14. The van der Waals surface area contributed by atoms with E-state index in [1.54, 1.807) is 6.92 Å². The van der Waals surface area contributed by atoms with Crippen LogP contribution in [-0.4, -0.2) is 24.2 Å². The molecule has 6 nitrogen and oxygen atoms in total. The number of rotatable bonds is 6. The van der Waals surface area contributed by atoms with Crippen molar-refractivity contribution in [3.63, 3.8) is 0 Å². The van der Waals surface area contributed by atoms with Crippen molar-refractivity contribution in [2.24, 2.45) is 5.10 Å². The summed E-state index contributed by atoms with van der Waals surface area (Å²) in [5, 5.41) is 4.48. The average Bonchev–Trinajstić information content (AvgIpc) is 3.17. The first-order chi connectivity index (χ1) is 15.6. The van der Waals surface area contributed by atoms with E-state index in [4.69, 9.17) is 9.15 Å². The molecule has 1 aliphatic carbocycles. The molecule has 1 amide bonds. The van der Waals surface area contributed by atoms with E-state index in [0.29, 0.717) is 17.7 Å². The van der Waals surface area contributed by atoms with Gasteiger partial charge in [0, 0.05) is 17.5 Å². The first kappa shape index (κ1) is 21.6. The fraction of sp³-hybridized carbons (Fsp3) is 0.269. The molecule has 1 aliphatic rings. The van der Waals surface area contributed by atoms with Crippen molar-refractivity contribution in [2.75, 3.05) is 6.61 Å². The number of hydrogen-bond donors (Lipinski definition) is 1. The van der Waals surface area contributed by atoms with Crippen molar-refractivity contribution in [3.8, 4) is 0 Å². The maximum absolute atomic E-state index is 13.3. The van der Waals surface area contributed by atoms with Crippen molar-refractivity contribution in [1.82, 2.24) is 5.43 Å². The topological polar surface area (TPSA) is 80.9 Å². The van der Waals surface area contributed by atoms with Crippen molar-refractivity contribution in [3.05, 3.63) is 94.4 Å². The molecule has 4 rings (SSSR count). The second-order valence-corrected chi connectivity index (χ2v) is 7.72. The van der Waals surface area contributed by atoms with Gasteiger partial charge in [-0.2, -0.15) is 5.10 Å². The van der Waals surface area contributed by atoms with Crippen LogP contribution in [0.3, 0.4) is 0 Å². The van der Waals surface area contributed by atoms with Crippen molar-refractivity contribution < 1.29 is 18.7 Å². The van der Waals surface area contributed by atoms with Gasteiger partial charge in [-0.15, -0.1) is 0 Å². The molecule has 1 N–H and O–H groups in total. The third-order valence-corrected chi connectivity index (χ3v) is 5.62. The first-order valence-corrected chi connectivity index (χ1v) is 10.9. The molecule has 0 aliphatic heterocycles. The Bertz CT molecular complexity index is 1090. The van der Waals surface area contributed by atoms with Crippen molar-refractivity contribution >= 4 is 17.6 Å². The summed E-state index contributed by atoms with van der Waals surface area (Å²) in [6.45, 7) is 3.86. The van der Waals surface area contributed by atoms with Crippen LogP contribution in [0.25, 0.3) is 0 Å². The number of nitrogens with zero attached hydrogens (tertiary/aromatic N) is 1. The summed E-state index contributed by atoms with van der Waals surface area (Å²) in [5.41, 5.74) is 6.78. The molecule has 0 fully saturated rings. The molecule has 6 heteroatoms. The van der Waals surface area contributed by atoms with E-state index in [1.165, 1.54) is 0 Å². The predicted molar refractivity (Wildman–Crippen MR) is 122 cm³/mol. The number of benzene rings is 2. The Morgan fingerprint density at radius 2 is 1.66 bits per heavy atom. The quantitative estimate of drug-likeness (QED) is 0.452. The van der Waals surface area contributed by atoms with Gasteiger partial charge in [-0.1, -0.05) is 60.7 Å². The van der Waals surface area contributed by atoms with Gasteiger partial charge >= 0.3 is 5.97 Å². The highest BCUT2D eigenvalue weighted by molar-refractivity contribution is 6.06. The van der Waals surface area contributed by atoms with Crippen LogP contribution in [0.2, 0.25) is 0 Å². The maximum atomic E-state index is 13.3. The van der Waals surface area contributed by atoms with Gasteiger partial charge in [0.05, 0.1) is 18.2 Å². The van der Waals surface area contributed by atoms with Crippen LogP contribution in [0.1, 0.15) is 64.3 Å². The monoisotopic (exact) mass is 430 g/mol. The average molecular weight is 431 g/mol. The largest absolute Gasteiger partial charge is 0.460 e. The van der Waals surface area contributed by atoms with Gasteiger partial charge in [-0.25, -0.2) is 10.2 Å². The summed E-state index contributed by atoms with van der Waals surface area (Å²) < 4.78 is 10.9. The second-order valence-electron chi connectivity index (χ2n) is 7.72. The summed E-state index contributed by atoms with van der Waals surface area (Å²) in [4.78, 5) is 25.5. The standard InChI is InChI=1S/C26H26N2O4/c1-3-31-26(30)24-17(2)22-20(15-10-16-21(22)32-24)27-28-25(29)23(18-11-6-4-7-12-18)19-13-8-5-9-14-19/h4-9,11-14,23H,3,10,15-16H2,1-2H3,(H,28,29)/b27-20+. The van der Waals surface area contributed by atoms with Gasteiger partial charge in [-0.3, -0.25) is 4.79 Å². The molecule has 2 aromatic carbocycles. The number of esters is 1. The van der Waals surface area contributed by atoms with Gasteiger partial charge < -0.3 is 9.15 Å². The molecule has 1 heterocycles. The normalized spacial score (nSPS) is 14.3. The highest BCUT2D eigenvalue weighted by Gasteiger charge is 2.29. The first-order valence-electron chi connectivity index (χ1n) is 10.9. The molecule has 0 radical (unpaired) electrons. The van der Waals surface area contributed by atoms with Gasteiger partial charge in [0.1, 0.15) is 5.76 Å². The van der Waals surface area contributed by atoms with E-state index in [1.807, 2.05) is 67.6 Å². The number of hydrazone groups is 1. The lowest BCUT2D eigenvalue weighted by Crippen LogP contribution is -2.28. The number of ether oxygens (including phenoxy) is 1. The fourth-order valence-corrected chi connectivity index (χ4v) is 4.14. The summed E-state index contributed by atoms with van der Waals surface area (Å²) >= 11 is 0. The number of furan rings is 1. The zero-order valence-electron chi connectivity index (χ0n) is 18.3. The summed E-state index contributed by atoms with van der Waals surface area (Å²) in [7, 11) is 0. The van der Waals surface area contributed by atoms with Crippen LogP contribution in [0, 0.1) is 6.92 Å². The Hall–Kier alpha value is -3.67. The highest BCUT2D eigenvalue weighted by atomic mass is 16.5. The molecule has 0 saturated heterocycles. The third-order valence-electron chi connectivity index (χ3n) is 5.62. The summed E-state index contributed by atoms with van der Waals surface area (Å²) in [6, 6.07) is 19.3. The zero-order chi connectivity index (χ0) is 22.5. The number of hydrogen-bond acceptors (Lipinski definition) is 5. The maximum Gasteiger partial charge on any atom is 0.374 e. The Labute approximate surface area is 187 Å². The van der Waals surface area contributed by atoms with Crippen LogP contribution >= 0.6 is 0 Å². The Morgan fingerprint density at radius 3 is 2.25 bits per heavy atom. The van der Waals surface area contributed by atoms with E-state index in [2.05, 4.69) is 10.5 Å². The Balaban J connectivity index is 1.63. The lowest BCUT2D eigenvalue weighted by atomic mass is 9.91. The van der Waals surface area contributed by atoms with Gasteiger partial charge in [0.2, 0.25) is 5.76 Å². The van der Waals surface area contributed by atoms with E-state index in [0.717, 1.165) is 35.2 Å². The molecule has 1 aromatic heterocycles. The molecule has 0 spiro atoms. The molecule has 0 bridgehead atoms. The van der Waals surface area contributed by atoms with E-state index < -0.39 is 11.9 Å². The van der Waals surface area contributed by atoms with E-state index in [-0.39, 0.29) is 18.3 Å². The predicted octanol–water partition coefficient (Wildman–Crippen LogP) is 4.75. The second kappa shape index (κ2) is 9.64. The molecule has 0 unspecified atom stereocenters. The van der Waals surface area contributed by atoms with E-state index in [9.17, 15) is 9.59 Å². The molecular weight excluding hydrogens is 404 g/mol. The van der Waals surface area contributed by atoms with Crippen molar-refractivity contribution in [1.29, 1.82) is 0 Å². The minimum atomic E-state index is -0.481. The van der Waals surface area contributed by atoms with Crippen LogP contribution in [0.4, 0.5) is 0 Å². The number of carbonyl (C=O) groups is 2. The Kier molecular flexibility index (Phi) is 6.50. The molecule has 164 valence electrons. The number of aryl methyl sites for hydroxylation is 1. The zero-order valence-corrected chi connectivity index (χ0v) is 18.3. The summed E-state index contributed by atoms with van der Waals surface area (Å²) in [5.74, 6) is -0.244.